The molecule has 1 aromatic rings. The number of nitrogens with zero attached hydrogens (tertiary/aromatic N) is 1. The van der Waals surface area contributed by atoms with Crippen LogP contribution in [0, 0.1) is 0 Å². The molecule has 1 aliphatic heterocycles. The summed E-state index contributed by atoms with van der Waals surface area (Å²) in [4.78, 5) is 25.5. The maximum absolute atomic E-state index is 12.9. The van der Waals surface area contributed by atoms with Crippen molar-refractivity contribution in [3.05, 3.63) is 18.2 Å². The van der Waals surface area contributed by atoms with Crippen molar-refractivity contribution in [1.82, 2.24) is 0 Å². The fraction of sp³-hybridized carbons (Fsp3) is 0.467. The summed E-state index contributed by atoms with van der Waals surface area (Å²) in [6, 6.07) is 4.05. The molecule has 0 fully saturated rings. The Bertz CT molecular complexity index is 581. The number of aliphatic carboxylic acids is 1. The molecule has 0 spiro atoms. The zero-order valence-corrected chi connectivity index (χ0v) is 12.4. The Morgan fingerprint density at radius 3 is 2.57 bits per heavy atom. The zero-order valence-electron chi connectivity index (χ0n) is 12.4. The van der Waals surface area contributed by atoms with Crippen molar-refractivity contribution >= 4 is 23.3 Å². The van der Waals surface area contributed by atoms with Crippen molar-refractivity contribution in [1.29, 1.82) is 0 Å². The molecule has 0 aliphatic carbocycles. The number of para-hydroxylation sites is 1. The molecule has 3 N–H and O–H groups in total. The summed E-state index contributed by atoms with van der Waals surface area (Å²) in [5.41, 5.74) is 5.57. The summed E-state index contributed by atoms with van der Waals surface area (Å²) < 4.78 is 5.91. The van der Waals surface area contributed by atoms with Crippen LogP contribution in [-0.4, -0.2) is 28.6 Å². The molecular weight excluding hydrogens is 272 g/mol. The molecule has 114 valence electrons. The van der Waals surface area contributed by atoms with Gasteiger partial charge in [-0.25, -0.2) is 4.79 Å². The first-order valence-corrected chi connectivity index (χ1v) is 7.02. The van der Waals surface area contributed by atoms with Gasteiger partial charge in [0.15, 0.2) is 5.60 Å². The van der Waals surface area contributed by atoms with Crippen molar-refractivity contribution in [2.75, 3.05) is 10.6 Å². The Balaban J connectivity index is 2.66. The van der Waals surface area contributed by atoms with Gasteiger partial charge < -0.3 is 15.6 Å². The lowest BCUT2D eigenvalue weighted by atomic mass is 9.91. The first-order valence-electron chi connectivity index (χ1n) is 7.02. The number of hydrogen-bond donors (Lipinski definition) is 2. The quantitative estimate of drug-likeness (QED) is 0.828. The third-order valence-corrected chi connectivity index (χ3v) is 4.07. The molecule has 1 aliphatic rings. The normalized spacial score (nSPS) is 17.9. The van der Waals surface area contributed by atoms with E-state index in [2.05, 4.69) is 0 Å². The van der Waals surface area contributed by atoms with Crippen molar-refractivity contribution < 1.29 is 19.4 Å². The summed E-state index contributed by atoms with van der Waals surface area (Å²) >= 11 is 0. The van der Waals surface area contributed by atoms with E-state index in [-0.39, 0.29) is 5.91 Å². The molecule has 0 aromatic heterocycles. The highest BCUT2D eigenvalue weighted by atomic mass is 16.5. The number of carbonyl (C=O) groups excluding carboxylic acids is 1. The van der Waals surface area contributed by atoms with Crippen molar-refractivity contribution in [3.63, 3.8) is 0 Å². The lowest BCUT2D eigenvalue weighted by molar-refractivity contribution is -0.144. The molecule has 1 amide bonds. The molecule has 2 rings (SSSR count). The molecule has 21 heavy (non-hydrogen) atoms. The highest BCUT2D eigenvalue weighted by Crippen LogP contribution is 2.44. The van der Waals surface area contributed by atoms with E-state index in [0.717, 1.165) is 0 Å². The van der Waals surface area contributed by atoms with Crippen molar-refractivity contribution in [2.24, 2.45) is 0 Å². The van der Waals surface area contributed by atoms with Gasteiger partial charge in [0.1, 0.15) is 17.5 Å². The highest BCUT2D eigenvalue weighted by Gasteiger charge is 2.49. The Morgan fingerprint density at radius 2 is 2.05 bits per heavy atom. The molecule has 1 unspecified atom stereocenters. The summed E-state index contributed by atoms with van der Waals surface area (Å²) in [6.07, 6.45) is 0.915. The number of ether oxygens (including phenoxy) is 1. The van der Waals surface area contributed by atoms with Crippen molar-refractivity contribution in [2.45, 2.75) is 45.3 Å². The fourth-order valence-corrected chi connectivity index (χ4v) is 2.63. The monoisotopic (exact) mass is 292 g/mol. The van der Waals surface area contributed by atoms with E-state index < -0.39 is 17.6 Å². The molecule has 1 aromatic carbocycles. The van der Waals surface area contributed by atoms with Crippen LogP contribution in [0.1, 0.15) is 33.6 Å². The average molecular weight is 292 g/mol. The number of benzene rings is 1. The van der Waals surface area contributed by atoms with E-state index in [1.165, 1.54) is 11.8 Å². The fourth-order valence-electron chi connectivity index (χ4n) is 2.63. The third kappa shape index (κ3) is 2.20. The lowest BCUT2D eigenvalue weighted by Crippen LogP contribution is -2.59. The first kappa shape index (κ1) is 15.2. The second-order valence-electron chi connectivity index (χ2n) is 5.19. The molecule has 0 radical (unpaired) electrons. The van der Waals surface area contributed by atoms with Crippen LogP contribution in [0.3, 0.4) is 0 Å². The van der Waals surface area contributed by atoms with Gasteiger partial charge in [0.2, 0.25) is 0 Å². The number of amides is 1. The van der Waals surface area contributed by atoms with E-state index in [0.29, 0.717) is 30.0 Å². The number of nitrogens with two attached hydrogens (primary N) is 1. The molecule has 0 bridgehead atoms. The van der Waals surface area contributed by atoms with Crippen molar-refractivity contribution in [3.8, 4) is 5.75 Å². The number of carboxylic acid groups (broad SMARTS) is 1. The Kier molecular flexibility index (Phi) is 3.80. The van der Waals surface area contributed by atoms with Gasteiger partial charge in [-0.2, -0.15) is 0 Å². The van der Waals surface area contributed by atoms with Crippen LogP contribution in [0.25, 0.3) is 0 Å². The average Bonchev–Trinajstić information content (AvgIpc) is 2.47. The van der Waals surface area contributed by atoms with Crippen LogP contribution in [0.2, 0.25) is 0 Å². The molecule has 6 heteroatoms. The maximum atomic E-state index is 12.9. The minimum Gasteiger partial charge on any atom is -0.480 e. The van der Waals surface area contributed by atoms with Gasteiger partial charge in [-0.05, 0) is 31.9 Å². The topological polar surface area (TPSA) is 92.9 Å². The van der Waals surface area contributed by atoms with Crippen LogP contribution in [0.15, 0.2) is 18.2 Å². The predicted octanol–water partition coefficient (Wildman–Crippen LogP) is 2.03. The van der Waals surface area contributed by atoms with Crippen LogP contribution in [0.5, 0.6) is 5.75 Å². The highest BCUT2D eigenvalue weighted by molar-refractivity contribution is 6.08. The van der Waals surface area contributed by atoms with Crippen LogP contribution in [-0.2, 0) is 9.59 Å². The molecule has 1 atom stereocenters. The van der Waals surface area contributed by atoms with E-state index >= 15 is 0 Å². The molecule has 0 saturated carbocycles. The second-order valence-corrected chi connectivity index (χ2v) is 5.19. The largest absolute Gasteiger partial charge is 0.480 e. The summed E-state index contributed by atoms with van der Waals surface area (Å²) in [5, 5.41) is 9.31. The molecule has 0 saturated heterocycles. The smallest absolute Gasteiger partial charge is 0.326 e. The van der Waals surface area contributed by atoms with Gasteiger partial charge in [-0.3, -0.25) is 9.69 Å². The Hall–Kier alpha value is -2.24. The molecule has 6 nitrogen and oxygen atoms in total. The Labute approximate surface area is 123 Å². The first-order chi connectivity index (χ1) is 9.88. The van der Waals surface area contributed by atoms with E-state index in [1.807, 2.05) is 13.8 Å². The van der Waals surface area contributed by atoms with Gasteiger partial charge in [0, 0.05) is 0 Å². The SMILES string of the molecule is CCC1(CC)Oc2cccc(N)c2N(C(C)C(=O)O)C1=O. The molecular formula is C15H20N2O4. The number of carbonyl (C=O) groups is 2. The number of hydrogen-bond acceptors (Lipinski definition) is 4. The summed E-state index contributed by atoms with van der Waals surface area (Å²) in [5.74, 6) is -0.986. The van der Waals surface area contributed by atoms with Gasteiger partial charge in [0.05, 0.1) is 5.69 Å². The summed E-state index contributed by atoms with van der Waals surface area (Å²) in [6.45, 7) is 5.17. The van der Waals surface area contributed by atoms with Crippen LogP contribution >= 0.6 is 0 Å². The van der Waals surface area contributed by atoms with E-state index in [9.17, 15) is 14.7 Å². The standard InChI is InChI=1S/C15H20N2O4/c1-4-15(5-2)14(20)17(9(3)13(18)19)12-10(16)7-6-8-11(12)21-15/h6-9H,4-5,16H2,1-3H3,(H,18,19). The number of rotatable bonds is 4. The maximum Gasteiger partial charge on any atom is 0.326 e. The predicted molar refractivity (Wildman–Crippen MR) is 79.4 cm³/mol. The van der Waals surface area contributed by atoms with Gasteiger partial charge >= 0.3 is 5.97 Å². The Morgan fingerprint density at radius 1 is 1.43 bits per heavy atom. The third-order valence-electron chi connectivity index (χ3n) is 4.07. The van der Waals surface area contributed by atoms with Crippen LogP contribution in [0.4, 0.5) is 11.4 Å². The van der Waals surface area contributed by atoms with Gasteiger partial charge in [-0.1, -0.05) is 19.9 Å². The molecule has 1 heterocycles. The number of carboxylic acids is 1. The summed E-state index contributed by atoms with van der Waals surface area (Å²) in [7, 11) is 0. The van der Waals surface area contributed by atoms with Crippen LogP contribution < -0.4 is 15.4 Å². The number of nitrogen functional groups attached to an aromatic ring is 1. The van der Waals surface area contributed by atoms with Gasteiger partial charge in [0.25, 0.3) is 5.91 Å². The minimum absolute atomic E-state index is 0.328. The number of fused-ring (bicyclic) bond motifs is 1. The van der Waals surface area contributed by atoms with E-state index in [1.54, 1.807) is 18.2 Å². The van der Waals surface area contributed by atoms with Gasteiger partial charge in [-0.15, -0.1) is 0 Å². The zero-order chi connectivity index (χ0) is 15.8. The number of anilines is 2. The lowest BCUT2D eigenvalue weighted by Gasteiger charge is -2.43. The minimum atomic E-state index is -1.08. The second kappa shape index (κ2) is 5.27. The van der Waals surface area contributed by atoms with E-state index in [4.69, 9.17) is 10.5 Å².